The number of hydrogen-bond donors (Lipinski definition) is 6. The van der Waals surface area contributed by atoms with Gasteiger partial charge in [-0.2, -0.15) is 4.98 Å². The number of nitrogen functional groups attached to an aromatic ring is 1. The highest BCUT2D eigenvalue weighted by Crippen LogP contribution is 2.24. The van der Waals surface area contributed by atoms with E-state index in [1.54, 1.807) is 41.6 Å². The summed E-state index contributed by atoms with van der Waals surface area (Å²) in [6.45, 7) is 4.24. The molecule has 3 atom stereocenters. The number of nitrogens with two attached hydrogens (primary N) is 2. The number of phenols is 1. The molecule has 8 N–H and O–H groups in total. The third-order valence-electron chi connectivity index (χ3n) is 9.21. The lowest BCUT2D eigenvalue weighted by molar-refractivity contribution is -0.130. The fourth-order valence-electron chi connectivity index (χ4n) is 6.32. The van der Waals surface area contributed by atoms with E-state index in [1.807, 2.05) is 44.2 Å². The lowest BCUT2D eigenvalue weighted by Gasteiger charge is -2.24. The van der Waals surface area contributed by atoms with E-state index < -0.39 is 29.9 Å². The van der Waals surface area contributed by atoms with Crippen molar-refractivity contribution in [3.05, 3.63) is 131 Å². The first kappa shape index (κ1) is 36.5. The standard InChI is InChI=1S/C39H44N10O4/c1-24-17-30(50)18-25(2)31(24)21-33(45-36(51)32(40)9-6-15-49-16-14-43-39(49)41)37(52)46-34(20-29-22-42-23-44-29)38-47-35(48-53-38)19-26-10-12-28(13-11-26)27-7-4-3-5-8-27/h3-5,7-8,10-14,16-18,22-23,32-34,50H,6,9,15,19-21,40H2,1-2H3,(H2,41,43)(H,42,44)(H,45,51)(H,46,52)/t32?,33?,34-/m0/s1. The number of benzene rings is 3. The van der Waals surface area contributed by atoms with E-state index >= 15 is 0 Å². The highest BCUT2D eigenvalue weighted by molar-refractivity contribution is 5.90. The molecular formula is C39H44N10O4. The molecule has 2 unspecified atom stereocenters. The number of aromatic nitrogens is 6. The topological polar surface area (TPSA) is 216 Å². The molecular weight excluding hydrogens is 672 g/mol. The molecule has 274 valence electrons. The first-order valence-corrected chi connectivity index (χ1v) is 17.5. The molecule has 3 aromatic carbocycles. The second kappa shape index (κ2) is 16.8. The van der Waals surface area contributed by atoms with Gasteiger partial charge in [-0.3, -0.25) is 9.59 Å². The van der Waals surface area contributed by atoms with Crippen LogP contribution in [0.2, 0.25) is 0 Å². The van der Waals surface area contributed by atoms with Crippen molar-refractivity contribution in [2.24, 2.45) is 5.73 Å². The van der Waals surface area contributed by atoms with Crippen LogP contribution in [0, 0.1) is 13.8 Å². The largest absolute Gasteiger partial charge is 0.508 e. The number of aryl methyl sites for hydroxylation is 3. The predicted octanol–water partition coefficient (Wildman–Crippen LogP) is 4.09. The van der Waals surface area contributed by atoms with Crippen molar-refractivity contribution in [3.8, 4) is 16.9 Å². The van der Waals surface area contributed by atoms with Crippen LogP contribution in [0.3, 0.4) is 0 Å². The van der Waals surface area contributed by atoms with E-state index in [1.165, 1.54) is 0 Å². The summed E-state index contributed by atoms with van der Waals surface area (Å²) >= 11 is 0. The summed E-state index contributed by atoms with van der Waals surface area (Å²) in [5, 5.41) is 20.3. The van der Waals surface area contributed by atoms with Crippen molar-refractivity contribution < 1.29 is 19.2 Å². The van der Waals surface area contributed by atoms with E-state index in [9.17, 15) is 14.7 Å². The Kier molecular flexibility index (Phi) is 11.6. The first-order valence-electron chi connectivity index (χ1n) is 17.5. The number of aromatic hydroxyl groups is 1. The molecule has 0 radical (unpaired) electrons. The Balaban J connectivity index is 1.19. The zero-order valence-electron chi connectivity index (χ0n) is 29.7. The number of aromatic amines is 1. The Bertz CT molecular complexity index is 2090. The molecule has 0 spiro atoms. The summed E-state index contributed by atoms with van der Waals surface area (Å²) in [4.78, 5) is 43.6. The SMILES string of the molecule is Cc1cc(O)cc(C)c1CC(NC(=O)C(N)CCCn1ccnc1N)C(=O)N[C@@H](Cc1c[nH]cn1)c1nc(Cc2ccc(-c3ccccc3)cc2)no1. The molecule has 0 aliphatic heterocycles. The number of nitrogens with zero attached hydrogens (tertiary/aromatic N) is 5. The summed E-state index contributed by atoms with van der Waals surface area (Å²) in [6.07, 6.45) is 8.40. The van der Waals surface area contributed by atoms with Gasteiger partial charge in [0.1, 0.15) is 17.8 Å². The fraction of sp³-hybridized carbons (Fsp3) is 0.282. The van der Waals surface area contributed by atoms with Gasteiger partial charge in [-0.1, -0.05) is 59.8 Å². The van der Waals surface area contributed by atoms with Crippen molar-refractivity contribution in [1.82, 2.24) is 40.3 Å². The molecule has 6 rings (SSSR count). The molecule has 14 heteroatoms. The van der Waals surface area contributed by atoms with Crippen molar-refractivity contribution in [3.63, 3.8) is 0 Å². The molecule has 3 heterocycles. The van der Waals surface area contributed by atoms with Gasteiger partial charge < -0.3 is 41.3 Å². The minimum atomic E-state index is -1.02. The number of H-pyrrole nitrogens is 1. The Labute approximate surface area is 307 Å². The summed E-state index contributed by atoms with van der Waals surface area (Å²) in [7, 11) is 0. The normalized spacial score (nSPS) is 13.0. The second-order valence-corrected chi connectivity index (χ2v) is 13.2. The van der Waals surface area contributed by atoms with Crippen LogP contribution in [0.25, 0.3) is 11.1 Å². The van der Waals surface area contributed by atoms with Crippen LogP contribution in [0.5, 0.6) is 5.75 Å². The maximum Gasteiger partial charge on any atom is 0.249 e. The molecule has 0 saturated heterocycles. The quantitative estimate of drug-likeness (QED) is 0.0844. The van der Waals surface area contributed by atoms with Crippen molar-refractivity contribution >= 4 is 17.8 Å². The molecule has 53 heavy (non-hydrogen) atoms. The summed E-state index contributed by atoms with van der Waals surface area (Å²) in [5.74, 6) is 0.218. The predicted molar refractivity (Wildman–Crippen MR) is 199 cm³/mol. The molecule has 6 aromatic rings. The maximum atomic E-state index is 14.2. The Morgan fingerprint density at radius 2 is 1.70 bits per heavy atom. The highest BCUT2D eigenvalue weighted by Gasteiger charge is 2.30. The average molecular weight is 717 g/mol. The minimum absolute atomic E-state index is 0.118. The van der Waals surface area contributed by atoms with E-state index in [2.05, 4.69) is 60.0 Å². The van der Waals surface area contributed by atoms with Gasteiger partial charge >= 0.3 is 0 Å². The van der Waals surface area contributed by atoms with Crippen LogP contribution in [-0.4, -0.2) is 58.7 Å². The fourth-order valence-corrected chi connectivity index (χ4v) is 6.32. The van der Waals surface area contributed by atoms with Crippen molar-refractivity contribution in [1.29, 1.82) is 0 Å². The zero-order chi connectivity index (χ0) is 37.3. The molecule has 0 bridgehead atoms. The van der Waals surface area contributed by atoms with E-state index in [4.69, 9.17) is 16.0 Å². The van der Waals surface area contributed by atoms with Gasteiger partial charge in [0, 0.05) is 44.4 Å². The van der Waals surface area contributed by atoms with Crippen molar-refractivity contribution in [2.75, 3.05) is 5.73 Å². The zero-order valence-corrected chi connectivity index (χ0v) is 29.7. The van der Waals surface area contributed by atoms with Crippen LogP contribution in [0.4, 0.5) is 5.95 Å². The minimum Gasteiger partial charge on any atom is -0.508 e. The van der Waals surface area contributed by atoms with Crippen LogP contribution >= 0.6 is 0 Å². The Morgan fingerprint density at radius 1 is 0.962 bits per heavy atom. The number of amides is 2. The summed E-state index contributed by atoms with van der Waals surface area (Å²) in [6, 6.07) is 18.9. The van der Waals surface area contributed by atoms with E-state index in [-0.39, 0.29) is 24.5 Å². The summed E-state index contributed by atoms with van der Waals surface area (Å²) in [5.41, 5.74) is 18.5. The molecule has 0 aliphatic carbocycles. The van der Waals surface area contributed by atoms with E-state index in [0.717, 1.165) is 33.4 Å². The maximum absolute atomic E-state index is 14.2. The smallest absolute Gasteiger partial charge is 0.249 e. The number of hydrogen-bond acceptors (Lipinski definition) is 10. The van der Waals surface area contributed by atoms with Crippen LogP contribution in [0.15, 0.2) is 96.2 Å². The number of phenolic OH excluding ortho intramolecular Hbond substituents is 1. The number of carbonyl (C=O) groups excluding carboxylic acids is 2. The second-order valence-electron chi connectivity index (χ2n) is 13.2. The Morgan fingerprint density at radius 3 is 2.38 bits per heavy atom. The van der Waals surface area contributed by atoms with Gasteiger partial charge in [0.15, 0.2) is 11.8 Å². The third kappa shape index (κ3) is 9.54. The monoisotopic (exact) mass is 716 g/mol. The van der Waals surface area contributed by atoms with Gasteiger partial charge in [0.2, 0.25) is 17.7 Å². The van der Waals surface area contributed by atoms with Crippen molar-refractivity contribution in [2.45, 2.75) is 70.6 Å². The lowest BCUT2D eigenvalue weighted by Crippen LogP contribution is -2.53. The number of anilines is 1. The van der Waals surface area contributed by atoms with Gasteiger partial charge in [-0.25, -0.2) is 9.97 Å². The van der Waals surface area contributed by atoms with Gasteiger partial charge in [-0.15, -0.1) is 0 Å². The average Bonchev–Trinajstić information content (AvgIpc) is 3.93. The summed E-state index contributed by atoms with van der Waals surface area (Å²) < 4.78 is 7.51. The van der Waals surface area contributed by atoms with Gasteiger partial charge in [0.05, 0.1) is 18.1 Å². The Hall–Kier alpha value is -6.28. The molecule has 0 saturated carbocycles. The van der Waals surface area contributed by atoms with E-state index in [0.29, 0.717) is 43.3 Å². The number of rotatable bonds is 16. The lowest BCUT2D eigenvalue weighted by atomic mass is 9.95. The molecule has 0 aliphatic rings. The third-order valence-corrected chi connectivity index (χ3v) is 9.21. The number of nitrogens with one attached hydrogen (secondary N) is 3. The van der Waals surface area contributed by atoms with Gasteiger partial charge in [0.25, 0.3) is 0 Å². The number of imidazole rings is 2. The van der Waals surface area contributed by atoms with Crippen LogP contribution < -0.4 is 22.1 Å². The van der Waals surface area contributed by atoms with Gasteiger partial charge in [-0.05, 0) is 72.2 Å². The molecule has 0 fully saturated rings. The first-order chi connectivity index (χ1) is 25.6. The highest BCUT2D eigenvalue weighted by atomic mass is 16.5. The molecule has 2 amide bonds. The molecule has 14 nitrogen and oxygen atoms in total. The van der Waals surface area contributed by atoms with Crippen LogP contribution in [-0.2, 0) is 35.4 Å². The van der Waals surface area contributed by atoms with Crippen LogP contribution in [0.1, 0.15) is 58.5 Å². The molecule has 3 aromatic heterocycles. The number of carbonyl (C=O) groups is 2.